The zero-order valence-corrected chi connectivity index (χ0v) is 21.6. The topological polar surface area (TPSA) is 65.3 Å². The molecular weight excluding hydrogens is 502 g/mol. The Hall–Kier alpha value is -3.40. The van der Waals surface area contributed by atoms with Crippen LogP contribution in [0.25, 0.3) is 11.1 Å². The molecule has 1 heterocycles. The fourth-order valence-electron chi connectivity index (χ4n) is 5.22. The van der Waals surface area contributed by atoms with Crippen LogP contribution < -0.4 is 21.3 Å². The van der Waals surface area contributed by atoms with Crippen LogP contribution in [-0.2, 0) is 19.3 Å². The van der Waals surface area contributed by atoms with Crippen LogP contribution in [0.4, 0.5) is 17.6 Å². The molecule has 1 atom stereocenters. The fourth-order valence-corrected chi connectivity index (χ4v) is 5.22. The van der Waals surface area contributed by atoms with Crippen LogP contribution in [0, 0.1) is 12.7 Å². The molecule has 0 unspecified atom stereocenters. The van der Waals surface area contributed by atoms with Crippen molar-refractivity contribution in [3.8, 4) is 16.9 Å². The van der Waals surface area contributed by atoms with Crippen molar-refractivity contribution >= 4 is 0 Å². The summed E-state index contributed by atoms with van der Waals surface area (Å²) in [6.07, 6.45) is -0.615. The molecule has 1 saturated carbocycles. The monoisotopic (exact) mass is 533 g/mol. The van der Waals surface area contributed by atoms with Crippen molar-refractivity contribution in [2.24, 2.45) is 0 Å². The lowest BCUT2D eigenvalue weighted by atomic mass is 10.0. The Balaban J connectivity index is 1.89. The Morgan fingerprint density at radius 3 is 2.42 bits per heavy atom. The number of benzene rings is 2. The van der Waals surface area contributed by atoms with E-state index < -0.39 is 40.9 Å². The number of ether oxygens (including phenoxy) is 1. The standard InChI is InChI=1S/C28H31F4N3O3/c1-17(33-20-9-4-5-10-20)15-35-26(36)25(19-8-6-11-21(14-19)38-3)18(2)34(27(35)37)16-22-23(28(30,31)32)12-7-13-24(22)29/h6-8,11-14,17,20,33H,4-5,9-10,15-16H2,1-3H3/t17-/m0/s1. The first-order valence-electron chi connectivity index (χ1n) is 12.6. The van der Waals surface area contributed by atoms with Gasteiger partial charge in [-0.1, -0.05) is 31.0 Å². The van der Waals surface area contributed by atoms with Crippen molar-refractivity contribution in [3.63, 3.8) is 0 Å². The molecule has 0 bridgehead atoms. The number of hydrogen-bond donors (Lipinski definition) is 1. The van der Waals surface area contributed by atoms with Gasteiger partial charge in [0.25, 0.3) is 5.56 Å². The molecule has 0 aliphatic heterocycles. The first-order valence-corrected chi connectivity index (χ1v) is 12.6. The minimum absolute atomic E-state index is 0.00875. The highest BCUT2D eigenvalue weighted by Gasteiger charge is 2.35. The van der Waals surface area contributed by atoms with Gasteiger partial charge in [-0.15, -0.1) is 0 Å². The molecule has 10 heteroatoms. The summed E-state index contributed by atoms with van der Waals surface area (Å²) < 4.78 is 63.3. The smallest absolute Gasteiger partial charge is 0.416 e. The van der Waals surface area contributed by atoms with E-state index in [0.29, 0.717) is 11.3 Å². The van der Waals surface area contributed by atoms with Crippen LogP contribution in [0.2, 0.25) is 0 Å². The molecule has 204 valence electrons. The Morgan fingerprint density at radius 2 is 1.76 bits per heavy atom. The van der Waals surface area contributed by atoms with Crippen LogP contribution in [-0.4, -0.2) is 28.3 Å². The molecule has 6 nitrogen and oxygen atoms in total. The van der Waals surface area contributed by atoms with Gasteiger partial charge >= 0.3 is 11.9 Å². The number of rotatable bonds is 8. The van der Waals surface area contributed by atoms with E-state index in [1.54, 1.807) is 24.3 Å². The first kappa shape index (κ1) is 27.6. The lowest BCUT2D eigenvalue weighted by molar-refractivity contribution is -0.138. The molecule has 4 rings (SSSR count). The van der Waals surface area contributed by atoms with Crippen LogP contribution in [0.15, 0.2) is 52.1 Å². The second-order valence-electron chi connectivity index (χ2n) is 9.79. The summed E-state index contributed by atoms with van der Waals surface area (Å²) in [5.41, 5.74) is -2.48. The molecule has 1 aliphatic rings. The minimum Gasteiger partial charge on any atom is -0.497 e. The van der Waals surface area contributed by atoms with Crippen LogP contribution >= 0.6 is 0 Å². The van der Waals surface area contributed by atoms with E-state index in [1.807, 2.05) is 6.92 Å². The SMILES string of the molecule is COc1cccc(-c2c(C)n(Cc3c(F)cccc3C(F)(F)F)c(=O)n(C[C@H](C)NC3CCCC3)c2=O)c1. The Morgan fingerprint density at radius 1 is 1.08 bits per heavy atom. The lowest BCUT2D eigenvalue weighted by Gasteiger charge is -2.23. The zero-order valence-electron chi connectivity index (χ0n) is 21.6. The number of methoxy groups -OCH3 is 1. The Labute approximate surface area is 217 Å². The highest BCUT2D eigenvalue weighted by atomic mass is 19.4. The van der Waals surface area contributed by atoms with Crippen molar-refractivity contribution < 1.29 is 22.3 Å². The molecule has 1 aromatic heterocycles. The normalized spacial score (nSPS) is 15.1. The van der Waals surface area contributed by atoms with Crippen LogP contribution in [0.3, 0.4) is 0 Å². The van der Waals surface area contributed by atoms with E-state index in [9.17, 15) is 27.2 Å². The van der Waals surface area contributed by atoms with Gasteiger partial charge in [0, 0.05) is 29.9 Å². The third-order valence-corrected chi connectivity index (χ3v) is 7.12. The molecule has 1 fully saturated rings. The molecular formula is C28H31F4N3O3. The molecule has 0 saturated heterocycles. The van der Waals surface area contributed by atoms with Crippen LogP contribution in [0.5, 0.6) is 5.75 Å². The Kier molecular flexibility index (Phi) is 8.10. The van der Waals surface area contributed by atoms with Gasteiger partial charge in [0.15, 0.2) is 0 Å². The van der Waals surface area contributed by atoms with E-state index in [1.165, 1.54) is 14.0 Å². The molecule has 3 aromatic rings. The van der Waals surface area contributed by atoms with Crippen LogP contribution in [0.1, 0.15) is 49.4 Å². The molecule has 1 N–H and O–H groups in total. The summed E-state index contributed by atoms with van der Waals surface area (Å²) in [6.45, 7) is 2.66. The van der Waals surface area contributed by atoms with Gasteiger partial charge < -0.3 is 10.1 Å². The summed E-state index contributed by atoms with van der Waals surface area (Å²) in [5, 5.41) is 3.44. The zero-order chi connectivity index (χ0) is 27.6. The van der Waals surface area contributed by atoms with Gasteiger partial charge in [-0.05, 0) is 56.5 Å². The molecule has 1 aliphatic carbocycles. The second-order valence-corrected chi connectivity index (χ2v) is 9.79. The van der Waals surface area contributed by atoms with Gasteiger partial charge in [-0.2, -0.15) is 13.2 Å². The third-order valence-electron chi connectivity index (χ3n) is 7.12. The van der Waals surface area contributed by atoms with Crippen molar-refractivity contribution in [1.29, 1.82) is 0 Å². The highest BCUT2D eigenvalue weighted by molar-refractivity contribution is 5.66. The fraction of sp³-hybridized carbons (Fsp3) is 0.429. The van der Waals surface area contributed by atoms with Gasteiger partial charge in [0.2, 0.25) is 0 Å². The van der Waals surface area contributed by atoms with Gasteiger partial charge in [-0.25, -0.2) is 9.18 Å². The van der Waals surface area contributed by atoms with Gasteiger partial charge in [-0.3, -0.25) is 13.9 Å². The number of nitrogens with zero attached hydrogens (tertiary/aromatic N) is 2. The van der Waals surface area contributed by atoms with E-state index in [2.05, 4.69) is 5.32 Å². The summed E-state index contributed by atoms with van der Waals surface area (Å²) in [4.78, 5) is 27.3. The third kappa shape index (κ3) is 5.70. The molecule has 38 heavy (non-hydrogen) atoms. The summed E-state index contributed by atoms with van der Waals surface area (Å²) in [6, 6.07) is 9.37. The second kappa shape index (κ2) is 11.1. The first-order chi connectivity index (χ1) is 18.0. The molecule has 2 aromatic carbocycles. The van der Waals surface area contributed by atoms with Crippen molar-refractivity contribution in [3.05, 3.63) is 85.9 Å². The number of alkyl halides is 3. The summed E-state index contributed by atoms with van der Waals surface area (Å²) in [5.74, 6) is -0.613. The molecule has 0 radical (unpaired) electrons. The van der Waals surface area contributed by atoms with Gasteiger partial charge in [0.1, 0.15) is 11.6 Å². The van der Waals surface area contributed by atoms with E-state index in [-0.39, 0.29) is 29.9 Å². The quantitative estimate of drug-likeness (QED) is 0.409. The Bertz CT molecular complexity index is 1420. The number of nitrogens with one attached hydrogen (secondary N) is 1. The summed E-state index contributed by atoms with van der Waals surface area (Å²) in [7, 11) is 1.47. The molecule has 0 spiro atoms. The predicted molar refractivity (Wildman–Crippen MR) is 137 cm³/mol. The number of aromatic nitrogens is 2. The van der Waals surface area contributed by atoms with Crippen molar-refractivity contribution in [2.75, 3.05) is 7.11 Å². The highest BCUT2D eigenvalue weighted by Crippen LogP contribution is 2.34. The maximum absolute atomic E-state index is 14.8. The average molecular weight is 534 g/mol. The average Bonchev–Trinajstić information content (AvgIpc) is 3.37. The maximum atomic E-state index is 14.8. The van der Waals surface area contributed by atoms with Crippen molar-refractivity contribution in [2.45, 2.75) is 70.9 Å². The summed E-state index contributed by atoms with van der Waals surface area (Å²) >= 11 is 0. The van der Waals surface area contributed by atoms with Crippen molar-refractivity contribution in [1.82, 2.24) is 14.5 Å². The number of hydrogen-bond acceptors (Lipinski definition) is 4. The van der Waals surface area contributed by atoms with E-state index >= 15 is 0 Å². The van der Waals surface area contributed by atoms with E-state index in [4.69, 9.17) is 4.74 Å². The van der Waals surface area contributed by atoms with E-state index in [0.717, 1.165) is 53.0 Å². The number of halogens is 4. The largest absolute Gasteiger partial charge is 0.497 e. The maximum Gasteiger partial charge on any atom is 0.416 e. The molecule has 0 amide bonds. The minimum atomic E-state index is -4.82. The van der Waals surface area contributed by atoms with Gasteiger partial charge in [0.05, 0.1) is 24.8 Å². The lowest BCUT2D eigenvalue weighted by Crippen LogP contribution is -2.47. The predicted octanol–water partition coefficient (Wildman–Crippen LogP) is 5.12.